The van der Waals surface area contributed by atoms with Crippen LogP contribution in [0.3, 0.4) is 0 Å². The minimum Gasteiger partial charge on any atom is -0.394 e. The van der Waals surface area contributed by atoms with E-state index in [2.05, 4.69) is 15.3 Å². The second-order valence-electron chi connectivity index (χ2n) is 3.64. The summed E-state index contributed by atoms with van der Waals surface area (Å²) in [6, 6.07) is 0. The predicted octanol–water partition coefficient (Wildman–Crippen LogP) is 1.29. The number of nitrogens with two attached hydrogens (primary N) is 1. The molecule has 4 N–H and O–H groups in total. The Kier molecular flexibility index (Phi) is 3.71. The standard InChI is InChI=1S/C9H15ClN4O/c1-3-9(2,5-15)14-7-6(11)4-12-8(10)13-7/h4,15H,3,5,11H2,1-2H3,(H,12,13,14). The summed E-state index contributed by atoms with van der Waals surface area (Å²) in [5, 5.41) is 12.4. The van der Waals surface area contributed by atoms with Crippen LogP contribution in [0.2, 0.25) is 5.28 Å². The Morgan fingerprint density at radius 2 is 2.33 bits per heavy atom. The highest BCUT2D eigenvalue weighted by Crippen LogP contribution is 2.22. The van der Waals surface area contributed by atoms with Gasteiger partial charge in [0.15, 0.2) is 5.82 Å². The first-order chi connectivity index (χ1) is 7.00. The monoisotopic (exact) mass is 230 g/mol. The van der Waals surface area contributed by atoms with Crippen LogP contribution in [0.1, 0.15) is 20.3 Å². The van der Waals surface area contributed by atoms with E-state index in [0.717, 1.165) is 6.42 Å². The van der Waals surface area contributed by atoms with Gasteiger partial charge in [-0.25, -0.2) is 4.98 Å². The van der Waals surface area contributed by atoms with Crippen LogP contribution in [-0.2, 0) is 0 Å². The number of hydrogen-bond donors (Lipinski definition) is 3. The second kappa shape index (κ2) is 4.63. The van der Waals surface area contributed by atoms with Crippen molar-refractivity contribution in [3.05, 3.63) is 11.5 Å². The van der Waals surface area contributed by atoms with Crippen molar-refractivity contribution in [1.82, 2.24) is 9.97 Å². The smallest absolute Gasteiger partial charge is 0.224 e. The van der Waals surface area contributed by atoms with Crippen molar-refractivity contribution in [2.45, 2.75) is 25.8 Å². The zero-order valence-electron chi connectivity index (χ0n) is 8.79. The highest BCUT2D eigenvalue weighted by atomic mass is 35.5. The number of nitrogens with zero attached hydrogens (tertiary/aromatic N) is 2. The maximum Gasteiger partial charge on any atom is 0.224 e. The van der Waals surface area contributed by atoms with Crippen LogP contribution in [-0.4, -0.2) is 27.2 Å². The van der Waals surface area contributed by atoms with Crippen molar-refractivity contribution < 1.29 is 5.11 Å². The van der Waals surface area contributed by atoms with Gasteiger partial charge in [-0.1, -0.05) is 6.92 Å². The van der Waals surface area contributed by atoms with Crippen molar-refractivity contribution >= 4 is 23.1 Å². The summed E-state index contributed by atoms with van der Waals surface area (Å²) in [6.07, 6.45) is 2.18. The van der Waals surface area contributed by atoms with E-state index in [1.807, 2.05) is 13.8 Å². The molecule has 5 nitrogen and oxygen atoms in total. The van der Waals surface area contributed by atoms with Gasteiger partial charge in [-0.05, 0) is 24.9 Å². The molecule has 0 aliphatic heterocycles. The maximum atomic E-state index is 9.23. The lowest BCUT2D eigenvalue weighted by atomic mass is 10.0. The van der Waals surface area contributed by atoms with Crippen molar-refractivity contribution in [1.29, 1.82) is 0 Å². The highest BCUT2D eigenvalue weighted by Gasteiger charge is 2.22. The maximum absolute atomic E-state index is 9.23. The number of halogens is 1. The fraction of sp³-hybridized carbons (Fsp3) is 0.556. The molecular weight excluding hydrogens is 216 g/mol. The van der Waals surface area contributed by atoms with Crippen molar-refractivity contribution in [3.63, 3.8) is 0 Å². The Morgan fingerprint density at radius 3 is 2.87 bits per heavy atom. The quantitative estimate of drug-likeness (QED) is 0.679. The van der Waals surface area contributed by atoms with Crippen molar-refractivity contribution in [2.24, 2.45) is 0 Å². The fourth-order valence-corrected chi connectivity index (χ4v) is 1.13. The molecule has 84 valence electrons. The highest BCUT2D eigenvalue weighted by molar-refractivity contribution is 6.28. The van der Waals surface area contributed by atoms with Crippen LogP contribution >= 0.6 is 11.6 Å². The van der Waals surface area contributed by atoms with E-state index in [4.69, 9.17) is 17.3 Å². The molecule has 0 bridgehead atoms. The van der Waals surface area contributed by atoms with Gasteiger partial charge in [-0.3, -0.25) is 0 Å². The molecule has 1 heterocycles. The van der Waals surface area contributed by atoms with Gasteiger partial charge in [0.05, 0.1) is 24.0 Å². The summed E-state index contributed by atoms with van der Waals surface area (Å²) in [4.78, 5) is 7.71. The van der Waals surface area contributed by atoms with Gasteiger partial charge in [-0.15, -0.1) is 0 Å². The lowest BCUT2D eigenvalue weighted by molar-refractivity contribution is 0.218. The van der Waals surface area contributed by atoms with E-state index < -0.39 is 5.54 Å². The minimum atomic E-state index is -0.453. The van der Waals surface area contributed by atoms with E-state index in [9.17, 15) is 5.11 Å². The number of aromatic nitrogens is 2. The average Bonchev–Trinajstić information content (AvgIpc) is 2.23. The Bertz CT molecular complexity index is 341. The molecule has 1 atom stereocenters. The van der Waals surface area contributed by atoms with Gasteiger partial charge in [0, 0.05) is 0 Å². The van der Waals surface area contributed by atoms with E-state index in [1.54, 1.807) is 0 Å². The first-order valence-corrected chi connectivity index (χ1v) is 5.05. The third-order valence-corrected chi connectivity index (χ3v) is 2.52. The number of aliphatic hydroxyl groups is 1. The van der Waals surface area contributed by atoms with Gasteiger partial charge >= 0.3 is 0 Å². The molecule has 1 aromatic heterocycles. The first kappa shape index (κ1) is 12.0. The van der Waals surface area contributed by atoms with E-state index in [-0.39, 0.29) is 11.9 Å². The number of nitrogens with one attached hydrogen (secondary N) is 1. The lowest BCUT2D eigenvalue weighted by Gasteiger charge is -2.28. The zero-order valence-corrected chi connectivity index (χ0v) is 9.54. The van der Waals surface area contributed by atoms with Crippen molar-refractivity contribution in [3.8, 4) is 0 Å². The molecule has 1 rings (SSSR count). The van der Waals surface area contributed by atoms with Crippen LogP contribution in [0, 0.1) is 0 Å². The van der Waals surface area contributed by atoms with Crippen LogP contribution in [0.4, 0.5) is 11.5 Å². The molecular formula is C9H15ClN4O. The van der Waals surface area contributed by atoms with Crippen molar-refractivity contribution in [2.75, 3.05) is 17.7 Å². The molecule has 0 saturated carbocycles. The molecule has 0 radical (unpaired) electrons. The Balaban J connectivity index is 2.92. The number of aliphatic hydroxyl groups excluding tert-OH is 1. The third-order valence-electron chi connectivity index (χ3n) is 2.34. The SMILES string of the molecule is CCC(C)(CO)Nc1nc(Cl)ncc1N. The summed E-state index contributed by atoms with van der Waals surface area (Å²) in [5.41, 5.74) is 5.64. The fourth-order valence-electron chi connectivity index (χ4n) is 0.995. The summed E-state index contributed by atoms with van der Waals surface area (Å²) in [5.74, 6) is 0.452. The molecule has 6 heteroatoms. The minimum absolute atomic E-state index is 0.00936. The summed E-state index contributed by atoms with van der Waals surface area (Å²) in [6.45, 7) is 3.83. The molecule has 15 heavy (non-hydrogen) atoms. The van der Waals surface area contributed by atoms with Gasteiger partial charge in [0.25, 0.3) is 0 Å². The van der Waals surface area contributed by atoms with Gasteiger partial charge < -0.3 is 16.2 Å². The second-order valence-corrected chi connectivity index (χ2v) is 3.98. The molecule has 0 fully saturated rings. The molecule has 0 saturated heterocycles. The van der Waals surface area contributed by atoms with Crippen LogP contribution in [0.25, 0.3) is 0 Å². The van der Waals surface area contributed by atoms with Crippen LogP contribution in [0.5, 0.6) is 0 Å². The molecule has 0 aliphatic carbocycles. The largest absolute Gasteiger partial charge is 0.394 e. The Labute approximate surface area is 93.7 Å². The number of nitrogen functional groups attached to an aromatic ring is 1. The molecule has 0 spiro atoms. The number of rotatable bonds is 4. The Hall–Kier alpha value is -1.07. The van der Waals surface area contributed by atoms with E-state index in [0.29, 0.717) is 11.5 Å². The van der Waals surface area contributed by atoms with Gasteiger partial charge in [0.2, 0.25) is 5.28 Å². The summed E-state index contributed by atoms with van der Waals surface area (Å²) >= 11 is 5.65. The van der Waals surface area contributed by atoms with Crippen LogP contribution in [0.15, 0.2) is 6.20 Å². The molecule has 1 aromatic rings. The van der Waals surface area contributed by atoms with E-state index >= 15 is 0 Å². The topological polar surface area (TPSA) is 84.1 Å². The summed E-state index contributed by atoms with van der Waals surface area (Å²) in [7, 11) is 0. The van der Waals surface area contributed by atoms with Gasteiger partial charge in [0.1, 0.15) is 0 Å². The van der Waals surface area contributed by atoms with E-state index in [1.165, 1.54) is 6.20 Å². The van der Waals surface area contributed by atoms with Crippen LogP contribution < -0.4 is 11.1 Å². The predicted molar refractivity (Wildman–Crippen MR) is 60.9 cm³/mol. The lowest BCUT2D eigenvalue weighted by Crippen LogP contribution is -2.38. The number of anilines is 2. The third kappa shape index (κ3) is 2.94. The zero-order chi connectivity index (χ0) is 11.5. The van der Waals surface area contributed by atoms with Gasteiger partial charge in [-0.2, -0.15) is 4.98 Å². The Morgan fingerprint density at radius 1 is 1.67 bits per heavy atom. The first-order valence-electron chi connectivity index (χ1n) is 4.68. The molecule has 0 aliphatic rings. The number of hydrogen-bond acceptors (Lipinski definition) is 5. The normalized spacial score (nSPS) is 14.7. The summed E-state index contributed by atoms with van der Waals surface area (Å²) < 4.78 is 0. The molecule has 1 unspecified atom stereocenters. The average molecular weight is 231 g/mol. The molecule has 0 aromatic carbocycles. The molecule has 0 amide bonds.